The molecule has 0 unspecified atom stereocenters. The van der Waals surface area contributed by atoms with Crippen molar-refractivity contribution in [2.75, 3.05) is 12.3 Å². The van der Waals surface area contributed by atoms with Crippen LogP contribution in [0.5, 0.6) is 5.75 Å². The molecule has 0 atom stereocenters. The summed E-state index contributed by atoms with van der Waals surface area (Å²) in [6.45, 7) is 1.05. The van der Waals surface area contributed by atoms with Crippen LogP contribution in [-0.2, 0) is 6.54 Å². The molecule has 0 aliphatic carbocycles. The lowest BCUT2D eigenvalue weighted by Crippen LogP contribution is -2.07. The SMILES string of the molecule is Nc1nc2ccc(-c3ccc(F)cc3)cc2n1CCCOc1ccc(-c2ccc(F)cc2)cc1Cl. The van der Waals surface area contributed by atoms with Crippen LogP contribution in [0.3, 0.4) is 0 Å². The zero-order valence-electron chi connectivity index (χ0n) is 18.7. The number of nitrogens with two attached hydrogens (primary N) is 1. The number of fused-ring (bicyclic) bond motifs is 1. The van der Waals surface area contributed by atoms with Crippen LogP contribution in [0.15, 0.2) is 84.9 Å². The third-order valence-electron chi connectivity index (χ3n) is 5.85. The number of halogens is 3. The molecule has 0 saturated carbocycles. The van der Waals surface area contributed by atoms with Gasteiger partial charge < -0.3 is 15.0 Å². The van der Waals surface area contributed by atoms with E-state index in [9.17, 15) is 8.78 Å². The summed E-state index contributed by atoms with van der Waals surface area (Å²) in [7, 11) is 0. The van der Waals surface area contributed by atoms with Gasteiger partial charge in [-0.15, -0.1) is 0 Å². The lowest BCUT2D eigenvalue weighted by Gasteiger charge is -2.11. The third-order valence-corrected chi connectivity index (χ3v) is 6.14. The molecule has 0 bridgehead atoms. The van der Waals surface area contributed by atoms with Gasteiger partial charge in [0.05, 0.1) is 22.7 Å². The predicted molar refractivity (Wildman–Crippen MR) is 136 cm³/mol. The summed E-state index contributed by atoms with van der Waals surface area (Å²) in [5.41, 5.74) is 11.5. The molecule has 0 amide bonds. The van der Waals surface area contributed by atoms with Crippen molar-refractivity contribution < 1.29 is 13.5 Å². The van der Waals surface area contributed by atoms with Crippen molar-refractivity contribution in [1.29, 1.82) is 0 Å². The fraction of sp³-hybridized carbons (Fsp3) is 0.107. The van der Waals surface area contributed by atoms with Crippen molar-refractivity contribution in [1.82, 2.24) is 9.55 Å². The Bertz CT molecular complexity index is 1480. The van der Waals surface area contributed by atoms with Crippen LogP contribution in [0.4, 0.5) is 14.7 Å². The van der Waals surface area contributed by atoms with Crippen LogP contribution in [0, 0.1) is 11.6 Å². The minimum Gasteiger partial charge on any atom is -0.492 e. The topological polar surface area (TPSA) is 53.1 Å². The number of hydrogen-bond donors (Lipinski definition) is 1. The van der Waals surface area contributed by atoms with Gasteiger partial charge in [-0.25, -0.2) is 13.8 Å². The largest absolute Gasteiger partial charge is 0.492 e. The molecule has 4 nitrogen and oxygen atoms in total. The van der Waals surface area contributed by atoms with Gasteiger partial charge in [0.1, 0.15) is 17.4 Å². The Hall–Kier alpha value is -3.90. The normalized spacial score (nSPS) is 11.2. The average Bonchev–Trinajstić information content (AvgIpc) is 3.17. The number of anilines is 1. The van der Waals surface area contributed by atoms with Crippen molar-refractivity contribution in [2.24, 2.45) is 0 Å². The number of imidazole rings is 1. The first-order valence-electron chi connectivity index (χ1n) is 11.2. The van der Waals surface area contributed by atoms with E-state index in [4.69, 9.17) is 22.1 Å². The molecule has 0 radical (unpaired) electrons. The molecule has 4 aromatic carbocycles. The van der Waals surface area contributed by atoms with Crippen molar-refractivity contribution in [3.63, 3.8) is 0 Å². The van der Waals surface area contributed by atoms with E-state index in [0.717, 1.165) is 33.3 Å². The smallest absolute Gasteiger partial charge is 0.201 e. The van der Waals surface area contributed by atoms with Crippen molar-refractivity contribution in [3.05, 3.63) is 102 Å². The van der Waals surface area contributed by atoms with E-state index in [1.165, 1.54) is 24.3 Å². The number of nitrogen functional groups attached to an aromatic ring is 1. The highest BCUT2D eigenvalue weighted by atomic mass is 35.5. The number of aryl methyl sites for hydroxylation is 1. The lowest BCUT2D eigenvalue weighted by atomic mass is 10.1. The van der Waals surface area contributed by atoms with Gasteiger partial charge >= 0.3 is 0 Å². The summed E-state index contributed by atoms with van der Waals surface area (Å²) < 4.78 is 34.3. The maximum Gasteiger partial charge on any atom is 0.201 e. The maximum absolute atomic E-state index is 13.3. The average molecular weight is 490 g/mol. The fourth-order valence-corrected chi connectivity index (χ4v) is 4.28. The Kier molecular flexibility index (Phi) is 6.38. The molecule has 5 aromatic rings. The highest BCUT2D eigenvalue weighted by molar-refractivity contribution is 6.32. The second-order valence-electron chi connectivity index (χ2n) is 8.19. The van der Waals surface area contributed by atoms with Crippen LogP contribution >= 0.6 is 11.6 Å². The van der Waals surface area contributed by atoms with E-state index < -0.39 is 0 Å². The second kappa shape index (κ2) is 9.76. The van der Waals surface area contributed by atoms with Gasteiger partial charge in [0.15, 0.2) is 0 Å². The Morgan fingerprint density at radius 2 is 1.34 bits per heavy atom. The van der Waals surface area contributed by atoms with Crippen molar-refractivity contribution in [2.45, 2.75) is 13.0 Å². The molecule has 7 heteroatoms. The van der Waals surface area contributed by atoms with E-state index in [2.05, 4.69) is 4.98 Å². The first-order chi connectivity index (χ1) is 17.0. The standard InChI is InChI=1S/C28H22ClF2N3O/c29-24-16-20(18-2-8-22(30)9-3-18)7-13-27(24)35-15-1-14-34-26-17-21(6-12-25(26)33-28(34)32)19-4-10-23(31)11-5-19/h2-13,16-17H,1,14-15H2,(H2,32,33). The van der Waals surface area contributed by atoms with Crippen LogP contribution in [0.1, 0.15) is 6.42 Å². The molecule has 35 heavy (non-hydrogen) atoms. The first kappa shape index (κ1) is 22.9. The maximum atomic E-state index is 13.3. The first-order valence-corrected chi connectivity index (χ1v) is 11.6. The number of rotatable bonds is 7. The van der Waals surface area contributed by atoms with Crippen LogP contribution in [0.2, 0.25) is 5.02 Å². The van der Waals surface area contributed by atoms with Gasteiger partial charge in [0.25, 0.3) is 0 Å². The van der Waals surface area contributed by atoms with Crippen LogP contribution in [-0.4, -0.2) is 16.2 Å². The van der Waals surface area contributed by atoms with Gasteiger partial charge in [-0.05, 0) is 77.2 Å². The summed E-state index contributed by atoms with van der Waals surface area (Å²) in [5.74, 6) is 0.463. The van der Waals surface area contributed by atoms with E-state index in [0.29, 0.717) is 36.3 Å². The minimum atomic E-state index is -0.280. The monoisotopic (exact) mass is 489 g/mol. The molecule has 176 valence electrons. The van der Waals surface area contributed by atoms with Gasteiger partial charge in [-0.2, -0.15) is 0 Å². The van der Waals surface area contributed by atoms with E-state index in [-0.39, 0.29) is 11.6 Å². The Labute approximate surface area is 206 Å². The molecular formula is C28H22ClF2N3O. The number of aromatic nitrogens is 2. The molecule has 1 aromatic heterocycles. The summed E-state index contributed by atoms with van der Waals surface area (Å²) >= 11 is 6.42. The lowest BCUT2D eigenvalue weighted by molar-refractivity contribution is 0.303. The molecule has 2 N–H and O–H groups in total. The molecule has 0 saturated heterocycles. The van der Waals surface area contributed by atoms with Crippen LogP contribution in [0.25, 0.3) is 33.3 Å². The quantitative estimate of drug-likeness (QED) is 0.243. The van der Waals surface area contributed by atoms with E-state index >= 15 is 0 Å². The van der Waals surface area contributed by atoms with E-state index in [1.807, 2.05) is 41.0 Å². The Morgan fingerprint density at radius 3 is 1.97 bits per heavy atom. The van der Waals surface area contributed by atoms with Gasteiger partial charge in [0, 0.05) is 6.54 Å². The minimum absolute atomic E-state index is 0.269. The molecule has 1 heterocycles. The highest BCUT2D eigenvalue weighted by Gasteiger charge is 2.11. The van der Waals surface area contributed by atoms with Gasteiger partial charge in [-0.1, -0.05) is 48.0 Å². The summed E-state index contributed by atoms with van der Waals surface area (Å²) in [5, 5.41) is 0.489. The zero-order valence-corrected chi connectivity index (χ0v) is 19.5. The summed E-state index contributed by atoms with van der Waals surface area (Å²) in [6.07, 6.45) is 0.687. The Balaban J connectivity index is 1.26. The number of nitrogens with zero attached hydrogens (tertiary/aromatic N) is 2. The molecular weight excluding hydrogens is 468 g/mol. The summed E-state index contributed by atoms with van der Waals surface area (Å²) in [6, 6.07) is 24.0. The number of benzene rings is 4. The van der Waals surface area contributed by atoms with Crippen molar-refractivity contribution >= 4 is 28.6 Å². The molecule has 5 rings (SSSR count). The molecule has 0 aliphatic rings. The molecule has 0 aliphatic heterocycles. The third kappa shape index (κ3) is 4.98. The predicted octanol–water partition coefficient (Wildman–Crippen LogP) is 7.35. The van der Waals surface area contributed by atoms with E-state index in [1.54, 1.807) is 24.3 Å². The van der Waals surface area contributed by atoms with Crippen LogP contribution < -0.4 is 10.5 Å². The second-order valence-corrected chi connectivity index (χ2v) is 8.59. The molecule has 0 fully saturated rings. The Morgan fingerprint density at radius 1 is 0.771 bits per heavy atom. The number of ether oxygens (including phenoxy) is 1. The fourth-order valence-electron chi connectivity index (χ4n) is 4.04. The van der Waals surface area contributed by atoms with Gasteiger partial charge in [-0.3, -0.25) is 0 Å². The highest BCUT2D eigenvalue weighted by Crippen LogP contribution is 2.31. The zero-order chi connectivity index (χ0) is 24.4. The van der Waals surface area contributed by atoms with Crippen molar-refractivity contribution in [3.8, 4) is 28.0 Å². The van der Waals surface area contributed by atoms with Gasteiger partial charge in [0.2, 0.25) is 5.95 Å². The summed E-state index contributed by atoms with van der Waals surface area (Å²) in [4.78, 5) is 4.45. The molecule has 0 spiro atoms. The number of hydrogen-bond acceptors (Lipinski definition) is 3.